The fraction of sp³-hybridized carbons (Fsp3) is 0.550. The zero-order valence-corrected chi connectivity index (χ0v) is 15.5. The van der Waals surface area contributed by atoms with Crippen LogP contribution in [-0.2, 0) is 0 Å². The summed E-state index contributed by atoms with van der Waals surface area (Å²) < 4.78 is 1.87. The molecule has 1 aliphatic heterocycles. The largest absolute Gasteiger partial charge is 0.347 e. The van der Waals surface area contributed by atoms with Crippen molar-refractivity contribution in [1.82, 2.24) is 25.6 Å². The molecule has 6 heteroatoms. The highest BCUT2D eigenvalue weighted by atomic mass is 16.2. The molecule has 1 unspecified atom stereocenters. The Hall–Kier alpha value is -2.21. The van der Waals surface area contributed by atoms with Gasteiger partial charge in [-0.05, 0) is 43.3 Å². The average Bonchev–Trinajstić information content (AvgIpc) is 2.99. The number of nitrogens with one attached hydrogen (secondary N) is 2. The van der Waals surface area contributed by atoms with Gasteiger partial charge >= 0.3 is 0 Å². The van der Waals surface area contributed by atoms with E-state index in [1.807, 2.05) is 10.7 Å². The van der Waals surface area contributed by atoms with Gasteiger partial charge in [-0.2, -0.15) is 0 Å². The van der Waals surface area contributed by atoms with Crippen LogP contribution in [0.15, 0.2) is 36.5 Å². The summed E-state index contributed by atoms with van der Waals surface area (Å²) in [5.74, 6) is 0.218. The van der Waals surface area contributed by atoms with Crippen LogP contribution in [-0.4, -0.2) is 40.0 Å². The lowest BCUT2D eigenvalue weighted by Gasteiger charge is -2.12. The van der Waals surface area contributed by atoms with Crippen molar-refractivity contribution in [3.63, 3.8) is 0 Å². The molecule has 26 heavy (non-hydrogen) atoms. The van der Waals surface area contributed by atoms with Crippen LogP contribution in [0.5, 0.6) is 0 Å². The molecule has 138 valence electrons. The van der Waals surface area contributed by atoms with E-state index in [9.17, 15) is 4.79 Å². The van der Waals surface area contributed by atoms with Gasteiger partial charge in [-0.1, -0.05) is 49.4 Å². The second-order valence-corrected chi connectivity index (χ2v) is 8.08. The van der Waals surface area contributed by atoms with Crippen LogP contribution >= 0.6 is 0 Å². The Kier molecular flexibility index (Phi) is 4.53. The van der Waals surface area contributed by atoms with E-state index in [-0.39, 0.29) is 17.4 Å². The molecule has 1 aromatic heterocycles. The first-order valence-corrected chi connectivity index (χ1v) is 9.56. The van der Waals surface area contributed by atoms with Crippen molar-refractivity contribution in [3.8, 4) is 0 Å². The van der Waals surface area contributed by atoms with Crippen LogP contribution < -0.4 is 10.6 Å². The van der Waals surface area contributed by atoms with Gasteiger partial charge in [0.25, 0.3) is 5.91 Å². The summed E-state index contributed by atoms with van der Waals surface area (Å²) >= 11 is 0. The van der Waals surface area contributed by atoms with E-state index < -0.39 is 0 Å². The number of nitrogens with zero attached hydrogens (tertiary/aromatic N) is 3. The van der Waals surface area contributed by atoms with Crippen molar-refractivity contribution in [2.75, 3.05) is 13.1 Å². The standard InChI is InChI=1S/C20H27N5O/c1-20(2)17(14-7-4-3-5-8-14)18(20)22-19(26)16-13-25(24-23-16)15-9-6-11-21-12-10-15/h3-5,7-8,13,15,17-18,21H,6,9-12H2,1-2H3,(H,22,26)/t15?,17-,18-/m0/s1. The van der Waals surface area contributed by atoms with E-state index in [4.69, 9.17) is 0 Å². The normalized spacial score (nSPS) is 27.5. The van der Waals surface area contributed by atoms with Crippen molar-refractivity contribution in [2.24, 2.45) is 5.41 Å². The van der Waals surface area contributed by atoms with E-state index in [2.05, 4.69) is 59.1 Å². The zero-order valence-electron chi connectivity index (χ0n) is 15.5. The predicted molar refractivity (Wildman–Crippen MR) is 100.0 cm³/mol. The van der Waals surface area contributed by atoms with Crippen LogP contribution in [0.1, 0.15) is 61.1 Å². The lowest BCUT2D eigenvalue weighted by molar-refractivity contribution is 0.0941. The quantitative estimate of drug-likeness (QED) is 0.886. The fourth-order valence-corrected chi connectivity index (χ4v) is 4.23. The minimum absolute atomic E-state index is 0.0555. The molecule has 2 fully saturated rings. The molecule has 0 spiro atoms. The van der Waals surface area contributed by atoms with Gasteiger partial charge in [0.05, 0.1) is 12.2 Å². The molecule has 0 bridgehead atoms. The molecular formula is C20H27N5O. The molecule has 1 saturated heterocycles. The molecule has 6 nitrogen and oxygen atoms in total. The Morgan fingerprint density at radius 1 is 1.23 bits per heavy atom. The Labute approximate surface area is 154 Å². The van der Waals surface area contributed by atoms with Gasteiger partial charge in [-0.25, -0.2) is 4.68 Å². The minimum Gasteiger partial charge on any atom is -0.347 e. The van der Waals surface area contributed by atoms with E-state index in [1.165, 1.54) is 5.56 Å². The first kappa shape index (κ1) is 17.2. The fourth-order valence-electron chi connectivity index (χ4n) is 4.23. The molecule has 3 atom stereocenters. The van der Waals surface area contributed by atoms with Crippen molar-refractivity contribution in [3.05, 3.63) is 47.8 Å². The summed E-state index contributed by atoms with van der Waals surface area (Å²) in [6, 6.07) is 10.8. The topological polar surface area (TPSA) is 71.8 Å². The van der Waals surface area contributed by atoms with Gasteiger partial charge in [-0.15, -0.1) is 5.10 Å². The molecular weight excluding hydrogens is 326 g/mol. The minimum atomic E-state index is -0.125. The van der Waals surface area contributed by atoms with E-state index in [0.717, 1.165) is 32.4 Å². The summed E-state index contributed by atoms with van der Waals surface area (Å²) in [6.07, 6.45) is 5.03. The second kappa shape index (κ2) is 6.83. The van der Waals surface area contributed by atoms with Gasteiger partial charge < -0.3 is 10.6 Å². The van der Waals surface area contributed by atoms with Crippen LogP contribution in [0.2, 0.25) is 0 Å². The number of hydrogen-bond donors (Lipinski definition) is 2. The van der Waals surface area contributed by atoms with Gasteiger partial charge in [0, 0.05) is 12.0 Å². The number of rotatable bonds is 4. The van der Waals surface area contributed by atoms with Crippen molar-refractivity contribution < 1.29 is 4.79 Å². The smallest absolute Gasteiger partial charge is 0.273 e. The van der Waals surface area contributed by atoms with Crippen LogP contribution in [0.4, 0.5) is 0 Å². The van der Waals surface area contributed by atoms with Crippen LogP contribution in [0.25, 0.3) is 0 Å². The maximum Gasteiger partial charge on any atom is 0.273 e. The van der Waals surface area contributed by atoms with Gasteiger partial charge in [0.2, 0.25) is 0 Å². The number of carbonyl (C=O) groups excluding carboxylic acids is 1. The first-order valence-electron chi connectivity index (χ1n) is 9.56. The van der Waals surface area contributed by atoms with E-state index in [0.29, 0.717) is 17.7 Å². The first-order chi connectivity index (χ1) is 12.6. The Morgan fingerprint density at radius 3 is 2.85 bits per heavy atom. The van der Waals surface area contributed by atoms with Gasteiger partial charge in [0.1, 0.15) is 0 Å². The Bertz CT molecular complexity index is 762. The highest BCUT2D eigenvalue weighted by Crippen LogP contribution is 2.58. The molecule has 1 saturated carbocycles. The maximum atomic E-state index is 12.7. The van der Waals surface area contributed by atoms with Gasteiger partial charge in [-0.3, -0.25) is 4.79 Å². The molecule has 2 N–H and O–H groups in total. The molecule has 2 aliphatic rings. The molecule has 4 rings (SSSR count). The lowest BCUT2D eigenvalue weighted by atomic mass is 10.0. The number of amides is 1. The van der Waals surface area contributed by atoms with Crippen LogP contribution in [0, 0.1) is 5.41 Å². The average molecular weight is 353 g/mol. The lowest BCUT2D eigenvalue weighted by Crippen LogP contribution is -2.29. The predicted octanol–water partition coefficient (Wildman–Crippen LogP) is 2.51. The van der Waals surface area contributed by atoms with Crippen molar-refractivity contribution in [2.45, 2.75) is 51.1 Å². The third kappa shape index (κ3) is 3.26. The molecule has 1 aliphatic carbocycles. The van der Waals surface area contributed by atoms with E-state index >= 15 is 0 Å². The highest BCUT2D eigenvalue weighted by Gasteiger charge is 2.59. The van der Waals surface area contributed by atoms with Gasteiger partial charge in [0.15, 0.2) is 5.69 Å². The summed E-state index contributed by atoms with van der Waals surface area (Å²) in [7, 11) is 0. The summed E-state index contributed by atoms with van der Waals surface area (Å²) in [5, 5.41) is 14.9. The highest BCUT2D eigenvalue weighted by molar-refractivity contribution is 5.92. The third-order valence-electron chi connectivity index (χ3n) is 5.93. The number of carbonyl (C=O) groups is 1. The van der Waals surface area contributed by atoms with E-state index in [1.54, 1.807) is 6.20 Å². The number of benzene rings is 1. The van der Waals surface area contributed by atoms with Crippen LogP contribution in [0.3, 0.4) is 0 Å². The molecule has 1 aromatic carbocycles. The number of aromatic nitrogens is 3. The monoisotopic (exact) mass is 353 g/mol. The summed E-state index contributed by atoms with van der Waals surface area (Å²) in [4.78, 5) is 12.7. The zero-order chi connectivity index (χ0) is 18.1. The maximum absolute atomic E-state index is 12.7. The Morgan fingerprint density at radius 2 is 2.04 bits per heavy atom. The molecule has 0 radical (unpaired) electrons. The number of hydrogen-bond acceptors (Lipinski definition) is 4. The second-order valence-electron chi connectivity index (χ2n) is 8.08. The Balaban J connectivity index is 1.42. The van der Waals surface area contributed by atoms with Crippen molar-refractivity contribution >= 4 is 5.91 Å². The molecule has 1 amide bonds. The summed E-state index contributed by atoms with van der Waals surface area (Å²) in [6.45, 7) is 6.44. The molecule has 2 heterocycles. The third-order valence-corrected chi connectivity index (χ3v) is 5.93. The van der Waals surface area contributed by atoms with Crippen molar-refractivity contribution in [1.29, 1.82) is 0 Å². The SMILES string of the molecule is CC1(C)[C@@H](NC(=O)c2cn(C3CCCNCC3)nn2)[C@@H]1c1ccccc1. The molecule has 2 aromatic rings. The summed E-state index contributed by atoms with van der Waals surface area (Å²) in [5.41, 5.74) is 1.74.